The molecule has 0 aliphatic carbocycles. The lowest BCUT2D eigenvalue weighted by Gasteiger charge is -2.35. The lowest BCUT2D eigenvalue weighted by atomic mass is 9.88. The lowest BCUT2D eigenvalue weighted by molar-refractivity contribution is -0.142. The maximum Gasteiger partial charge on any atom is 0.243 e. The van der Waals surface area contributed by atoms with Gasteiger partial charge in [0.2, 0.25) is 11.8 Å². The number of aryl methyl sites for hydroxylation is 1. The normalized spacial score (nSPS) is 21.5. The van der Waals surface area contributed by atoms with E-state index in [4.69, 9.17) is 5.73 Å². The van der Waals surface area contributed by atoms with Gasteiger partial charge in [0, 0.05) is 19.2 Å². The fourth-order valence-corrected chi connectivity index (χ4v) is 3.51. The zero-order valence-corrected chi connectivity index (χ0v) is 13.7. The number of aromatic nitrogens is 1. The smallest absolute Gasteiger partial charge is 0.243 e. The summed E-state index contributed by atoms with van der Waals surface area (Å²) in [7, 11) is 0. The molecule has 2 N–H and O–H groups in total. The fraction of sp³-hybridized carbons (Fsp3) is 0.533. The summed E-state index contributed by atoms with van der Waals surface area (Å²) in [5.74, 6) is -0.468. The minimum absolute atomic E-state index is 0.0770. The molecule has 0 radical (unpaired) electrons. The summed E-state index contributed by atoms with van der Waals surface area (Å²) >= 11 is 3.34. The summed E-state index contributed by atoms with van der Waals surface area (Å²) in [4.78, 5) is 29.7. The quantitative estimate of drug-likeness (QED) is 0.822. The van der Waals surface area contributed by atoms with Crippen LogP contribution in [-0.4, -0.2) is 33.8 Å². The van der Waals surface area contributed by atoms with E-state index in [1.54, 1.807) is 4.90 Å². The van der Waals surface area contributed by atoms with E-state index >= 15 is 0 Å². The van der Waals surface area contributed by atoms with Crippen LogP contribution in [0.25, 0.3) is 0 Å². The number of halogens is 1. The molecule has 0 unspecified atom stereocenters. The van der Waals surface area contributed by atoms with E-state index in [1.165, 1.54) is 6.92 Å². The van der Waals surface area contributed by atoms with Crippen molar-refractivity contribution in [3.05, 3.63) is 28.5 Å². The number of primary amides is 1. The topological polar surface area (TPSA) is 76.3 Å². The number of hydrogen-bond acceptors (Lipinski definition) is 3. The van der Waals surface area contributed by atoms with Gasteiger partial charge in [-0.3, -0.25) is 9.59 Å². The van der Waals surface area contributed by atoms with Gasteiger partial charge >= 0.3 is 0 Å². The first-order valence-electron chi connectivity index (χ1n) is 7.15. The lowest BCUT2D eigenvalue weighted by Crippen LogP contribution is -2.55. The predicted octanol–water partition coefficient (Wildman–Crippen LogP) is 2.03. The first kappa shape index (κ1) is 15.9. The van der Waals surface area contributed by atoms with Crippen LogP contribution in [0.5, 0.6) is 0 Å². The van der Waals surface area contributed by atoms with Crippen molar-refractivity contribution in [2.75, 3.05) is 6.54 Å². The average molecular weight is 354 g/mol. The number of carbonyl (C=O) groups excluding carboxylic acids is 2. The summed E-state index contributed by atoms with van der Waals surface area (Å²) in [5, 5.41) is 0. The van der Waals surface area contributed by atoms with E-state index in [2.05, 4.69) is 20.9 Å². The van der Waals surface area contributed by atoms with Crippen molar-refractivity contribution >= 4 is 27.7 Å². The van der Waals surface area contributed by atoms with E-state index in [0.717, 1.165) is 29.6 Å². The third-order valence-electron chi connectivity index (χ3n) is 4.12. The minimum Gasteiger partial charge on any atom is -0.368 e. The molecule has 0 spiro atoms. The molecule has 2 heterocycles. The summed E-state index contributed by atoms with van der Waals surface area (Å²) in [6.07, 6.45) is 3.62. The van der Waals surface area contributed by atoms with Gasteiger partial charge in [-0.25, -0.2) is 4.98 Å². The van der Waals surface area contributed by atoms with Gasteiger partial charge in [-0.05, 0) is 60.2 Å². The molecule has 21 heavy (non-hydrogen) atoms. The molecule has 2 rings (SSSR count). The van der Waals surface area contributed by atoms with Gasteiger partial charge in [0.05, 0.1) is 0 Å². The summed E-state index contributed by atoms with van der Waals surface area (Å²) < 4.78 is 0.802. The Bertz CT molecular complexity index is 549. The molecule has 114 valence electrons. The van der Waals surface area contributed by atoms with Crippen molar-refractivity contribution in [3.63, 3.8) is 0 Å². The Hall–Kier alpha value is -1.43. The van der Waals surface area contributed by atoms with E-state index in [1.807, 2.05) is 18.2 Å². The Labute approximate surface area is 133 Å². The van der Waals surface area contributed by atoms with Crippen molar-refractivity contribution in [3.8, 4) is 0 Å². The van der Waals surface area contributed by atoms with E-state index in [0.29, 0.717) is 19.4 Å². The van der Waals surface area contributed by atoms with Crippen LogP contribution in [0, 0.1) is 0 Å². The van der Waals surface area contributed by atoms with Gasteiger partial charge in [-0.1, -0.05) is 6.07 Å². The summed E-state index contributed by atoms with van der Waals surface area (Å²) in [6, 6.07) is 5.77. The molecule has 0 aromatic carbocycles. The number of amides is 2. The Morgan fingerprint density at radius 3 is 2.86 bits per heavy atom. The van der Waals surface area contributed by atoms with Gasteiger partial charge in [0.15, 0.2) is 0 Å². The molecule has 1 aliphatic heterocycles. The second-order valence-electron chi connectivity index (χ2n) is 5.48. The second kappa shape index (κ2) is 6.56. The molecule has 1 aromatic heterocycles. The van der Waals surface area contributed by atoms with Crippen LogP contribution < -0.4 is 5.73 Å². The van der Waals surface area contributed by atoms with Crippen LogP contribution in [0.3, 0.4) is 0 Å². The van der Waals surface area contributed by atoms with Crippen LogP contribution in [0.1, 0.15) is 38.3 Å². The zero-order valence-electron chi connectivity index (χ0n) is 12.1. The van der Waals surface area contributed by atoms with E-state index < -0.39 is 11.4 Å². The van der Waals surface area contributed by atoms with Crippen LogP contribution in [-0.2, 0) is 16.0 Å². The van der Waals surface area contributed by atoms with Gasteiger partial charge in [-0.15, -0.1) is 0 Å². The van der Waals surface area contributed by atoms with Crippen molar-refractivity contribution in [2.45, 2.75) is 44.6 Å². The van der Waals surface area contributed by atoms with Crippen molar-refractivity contribution in [1.82, 2.24) is 9.88 Å². The molecular formula is C15H20BrN3O2. The average Bonchev–Trinajstić information content (AvgIpc) is 2.84. The maximum atomic E-state index is 11.9. The number of nitrogens with zero attached hydrogens (tertiary/aromatic N) is 2. The van der Waals surface area contributed by atoms with E-state index in [9.17, 15) is 9.59 Å². The van der Waals surface area contributed by atoms with Crippen molar-refractivity contribution in [1.29, 1.82) is 0 Å². The molecule has 0 bridgehead atoms. The molecule has 2 amide bonds. The second-order valence-corrected chi connectivity index (χ2v) is 6.29. The molecule has 1 aromatic rings. The highest BCUT2D eigenvalue weighted by atomic mass is 79.9. The number of rotatable bonds is 5. The summed E-state index contributed by atoms with van der Waals surface area (Å²) in [6.45, 7) is 2.12. The van der Waals surface area contributed by atoms with Crippen LogP contribution >= 0.6 is 15.9 Å². The Morgan fingerprint density at radius 2 is 2.24 bits per heavy atom. The minimum atomic E-state index is -0.808. The molecule has 6 heteroatoms. The molecule has 1 aliphatic rings. The molecule has 1 fully saturated rings. The Balaban J connectivity index is 2.04. The highest BCUT2D eigenvalue weighted by molar-refractivity contribution is 9.10. The molecular weight excluding hydrogens is 334 g/mol. The first-order valence-corrected chi connectivity index (χ1v) is 7.94. The monoisotopic (exact) mass is 353 g/mol. The largest absolute Gasteiger partial charge is 0.368 e. The first-order chi connectivity index (χ1) is 9.95. The van der Waals surface area contributed by atoms with Gasteiger partial charge in [-0.2, -0.15) is 0 Å². The van der Waals surface area contributed by atoms with Gasteiger partial charge in [0.1, 0.15) is 10.1 Å². The Kier molecular flexibility index (Phi) is 4.98. The third kappa shape index (κ3) is 3.43. The highest BCUT2D eigenvalue weighted by Crippen LogP contribution is 2.34. The van der Waals surface area contributed by atoms with Gasteiger partial charge in [0.25, 0.3) is 0 Å². The molecule has 1 saturated heterocycles. The highest BCUT2D eigenvalue weighted by Gasteiger charge is 2.46. The SMILES string of the molecule is CC(=O)N1CCC[C@]1(CCCc1cccc(Br)n1)C(N)=O. The number of carbonyl (C=O) groups is 2. The number of nitrogens with two attached hydrogens (primary N) is 1. The predicted molar refractivity (Wildman–Crippen MR) is 83.4 cm³/mol. The van der Waals surface area contributed by atoms with Crippen LogP contribution in [0.15, 0.2) is 22.8 Å². The van der Waals surface area contributed by atoms with Crippen molar-refractivity contribution < 1.29 is 9.59 Å². The fourth-order valence-electron chi connectivity index (χ4n) is 3.13. The molecule has 1 atom stereocenters. The summed E-state index contributed by atoms with van der Waals surface area (Å²) in [5.41, 5.74) is 5.77. The molecule has 0 saturated carbocycles. The third-order valence-corrected chi connectivity index (χ3v) is 4.57. The maximum absolute atomic E-state index is 11.9. The molecule has 5 nitrogen and oxygen atoms in total. The standard InChI is InChI=1S/C15H20BrN3O2/c1-11(20)19-10-4-9-15(19,14(17)21)8-3-6-12-5-2-7-13(16)18-12/h2,5,7H,3-4,6,8-10H2,1H3,(H2,17,21)/t15-/m1/s1. The Morgan fingerprint density at radius 1 is 1.48 bits per heavy atom. The van der Waals surface area contributed by atoms with E-state index in [-0.39, 0.29) is 5.91 Å². The zero-order chi connectivity index (χ0) is 15.5. The van der Waals surface area contributed by atoms with Gasteiger partial charge < -0.3 is 10.6 Å². The van der Waals surface area contributed by atoms with Crippen LogP contribution in [0.2, 0.25) is 0 Å². The number of hydrogen-bond donors (Lipinski definition) is 1. The van der Waals surface area contributed by atoms with Crippen molar-refractivity contribution in [2.24, 2.45) is 5.73 Å². The number of likely N-dealkylation sites (tertiary alicyclic amines) is 1. The number of pyridine rings is 1. The van der Waals surface area contributed by atoms with Crippen LogP contribution in [0.4, 0.5) is 0 Å².